The number of hydrogen-bond donors (Lipinski definition) is 0. The molecule has 0 bridgehead atoms. The van der Waals surface area contributed by atoms with Crippen LogP contribution in [0.1, 0.15) is 33.3 Å². The molecular formula is C25H19NO3S. The zero-order valence-corrected chi connectivity index (χ0v) is 17.4. The molecule has 1 amide bonds. The van der Waals surface area contributed by atoms with Crippen molar-refractivity contribution in [1.82, 2.24) is 0 Å². The molecule has 0 saturated heterocycles. The van der Waals surface area contributed by atoms with Crippen molar-refractivity contribution >= 4 is 34.3 Å². The summed E-state index contributed by atoms with van der Waals surface area (Å²) < 4.78 is 6.01. The molecule has 0 saturated carbocycles. The van der Waals surface area contributed by atoms with Gasteiger partial charge in [0.2, 0.25) is 5.76 Å². The van der Waals surface area contributed by atoms with Crippen LogP contribution in [0.4, 0.5) is 5.69 Å². The summed E-state index contributed by atoms with van der Waals surface area (Å²) in [5.41, 5.74) is 3.26. The number of para-hydroxylation sites is 1. The van der Waals surface area contributed by atoms with Crippen LogP contribution in [0, 0.1) is 6.92 Å². The molecule has 0 N–H and O–H groups in total. The maximum absolute atomic E-state index is 13.6. The molecule has 4 aromatic rings. The number of carbonyl (C=O) groups excluding carboxylic acids is 1. The van der Waals surface area contributed by atoms with E-state index in [9.17, 15) is 9.59 Å². The largest absolute Gasteiger partial charge is 0.450 e. The molecule has 1 unspecified atom stereocenters. The Hall–Kier alpha value is -3.31. The van der Waals surface area contributed by atoms with Gasteiger partial charge in [-0.15, -0.1) is 11.8 Å². The van der Waals surface area contributed by atoms with Crippen molar-refractivity contribution in [3.63, 3.8) is 0 Å². The number of hydrogen-bond acceptors (Lipinski definition) is 4. The van der Waals surface area contributed by atoms with Gasteiger partial charge in [0, 0.05) is 10.6 Å². The summed E-state index contributed by atoms with van der Waals surface area (Å²) in [6.45, 7) is 1.94. The van der Waals surface area contributed by atoms with Gasteiger partial charge in [-0.2, -0.15) is 0 Å². The lowest BCUT2D eigenvalue weighted by Crippen LogP contribution is -2.29. The number of thioether (sulfide) groups is 1. The molecule has 30 heavy (non-hydrogen) atoms. The standard InChI is InChI=1S/C25H19NO3S/c1-15-8-13-20-19(14-15)23(27)21-22(16-9-11-18(30-2)12-10-16)26(25(28)24(21)29-20)17-6-4-3-5-7-17/h3-14,22H,1-2H3. The third kappa shape index (κ3) is 2.85. The summed E-state index contributed by atoms with van der Waals surface area (Å²) in [4.78, 5) is 29.8. The highest BCUT2D eigenvalue weighted by Crippen LogP contribution is 2.41. The number of nitrogens with zero attached hydrogens (tertiary/aromatic N) is 1. The molecule has 0 spiro atoms. The van der Waals surface area contributed by atoms with Crippen molar-refractivity contribution in [2.75, 3.05) is 11.2 Å². The number of benzene rings is 3. The highest BCUT2D eigenvalue weighted by Gasteiger charge is 2.43. The molecule has 5 rings (SSSR count). The fraction of sp³-hybridized carbons (Fsp3) is 0.120. The van der Waals surface area contributed by atoms with Gasteiger partial charge < -0.3 is 4.42 Å². The number of aryl methyl sites for hydroxylation is 1. The molecule has 1 atom stereocenters. The van der Waals surface area contributed by atoms with E-state index in [1.165, 1.54) is 0 Å². The summed E-state index contributed by atoms with van der Waals surface area (Å²) in [7, 11) is 0. The van der Waals surface area contributed by atoms with Gasteiger partial charge in [-0.25, -0.2) is 0 Å². The summed E-state index contributed by atoms with van der Waals surface area (Å²) in [6.07, 6.45) is 2.02. The van der Waals surface area contributed by atoms with Gasteiger partial charge in [-0.05, 0) is 55.1 Å². The number of fused-ring (bicyclic) bond motifs is 2. The second-order valence-electron chi connectivity index (χ2n) is 7.36. The molecule has 1 aliphatic heterocycles. The van der Waals surface area contributed by atoms with E-state index in [4.69, 9.17) is 4.42 Å². The van der Waals surface area contributed by atoms with Gasteiger partial charge in [-0.3, -0.25) is 14.5 Å². The first-order chi connectivity index (χ1) is 14.6. The fourth-order valence-electron chi connectivity index (χ4n) is 4.04. The van der Waals surface area contributed by atoms with Crippen LogP contribution in [-0.4, -0.2) is 12.2 Å². The van der Waals surface area contributed by atoms with Crippen molar-refractivity contribution in [2.45, 2.75) is 17.9 Å². The molecule has 3 aromatic carbocycles. The summed E-state index contributed by atoms with van der Waals surface area (Å²) in [6, 6.07) is 22.3. The van der Waals surface area contributed by atoms with E-state index in [1.54, 1.807) is 22.7 Å². The third-order valence-electron chi connectivity index (χ3n) is 5.49. The average Bonchev–Trinajstić information content (AvgIpc) is 3.07. The number of amides is 1. The Morgan fingerprint density at radius 1 is 0.933 bits per heavy atom. The number of carbonyl (C=O) groups is 1. The first kappa shape index (κ1) is 18.7. The van der Waals surface area contributed by atoms with Gasteiger partial charge in [0.1, 0.15) is 5.58 Å². The van der Waals surface area contributed by atoms with E-state index in [1.807, 2.05) is 79.9 Å². The van der Waals surface area contributed by atoms with Crippen molar-refractivity contribution in [2.24, 2.45) is 0 Å². The van der Waals surface area contributed by atoms with Crippen LogP contribution in [0.5, 0.6) is 0 Å². The molecule has 5 heteroatoms. The molecule has 1 aromatic heterocycles. The minimum absolute atomic E-state index is 0.124. The topological polar surface area (TPSA) is 50.5 Å². The molecule has 1 aliphatic rings. The Morgan fingerprint density at radius 3 is 2.37 bits per heavy atom. The lowest BCUT2D eigenvalue weighted by Gasteiger charge is -2.25. The molecule has 148 valence electrons. The van der Waals surface area contributed by atoms with E-state index in [-0.39, 0.29) is 17.1 Å². The Balaban J connectivity index is 1.80. The van der Waals surface area contributed by atoms with E-state index >= 15 is 0 Å². The number of anilines is 1. The Labute approximate surface area is 178 Å². The quantitative estimate of drug-likeness (QED) is 0.412. The smallest absolute Gasteiger partial charge is 0.295 e. The Kier molecular flexibility index (Phi) is 4.48. The molecule has 0 aliphatic carbocycles. The average molecular weight is 413 g/mol. The number of rotatable bonds is 3. The van der Waals surface area contributed by atoms with Crippen LogP contribution in [0.25, 0.3) is 11.0 Å². The van der Waals surface area contributed by atoms with Crippen molar-refractivity contribution < 1.29 is 9.21 Å². The SMILES string of the molecule is CSc1ccc(C2c3c(oc4ccc(C)cc4c3=O)C(=O)N2c2ccccc2)cc1. The fourth-order valence-corrected chi connectivity index (χ4v) is 4.45. The lowest BCUT2D eigenvalue weighted by molar-refractivity contribution is 0.0971. The molecular weight excluding hydrogens is 394 g/mol. The third-order valence-corrected chi connectivity index (χ3v) is 6.24. The van der Waals surface area contributed by atoms with Crippen LogP contribution < -0.4 is 10.3 Å². The molecule has 0 fully saturated rings. The second-order valence-corrected chi connectivity index (χ2v) is 8.24. The summed E-state index contributed by atoms with van der Waals surface area (Å²) >= 11 is 1.65. The van der Waals surface area contributed by atoms with Gasteiger partial charge in [-0.1, -0.05) is 42.0 Å². The molecule has 0 radical (unpaired) electrons. The second kappa shape index (κ2) is 7.18. The van der Waals surface area contributed by atoms with Crippen molar-refractivity contribution in [1.29, 1.82) is 0 Å². The predicted octanol–water partition coefficient (Wildman–Crippen LogP) is 5.57. The van der Waals surface area contributed by atoms with Gasteiger partial charge in [0.15, 0.2) is 5.43 Å². The monoisotopic (exact) mass is 413 g/mol. The van der Waals surface area contributed by atoms with Crippen molar-refractivity contribution in [3.05, 3.63) is 105 Å². The van der Waals surface area contributed by atoms with Gasteiger partial charge >= 0.3 is 0 Å². The maximum Gasteiger partial charge on any atom is 0.295 e. The van der Waals surface area contributed by atoms with E-state index in [0.717, 1.165) is 21.7 Å². The maximum atomic E-state index is 13.6. The highest BCUT2D eigenvalue weighted by atomic mass is 32.2. The zero-order chi connectivity index (χ0) is 20.8. The molecule has 2 heterocycles. The highest BCUT2D eigenvalue weighted by molar-refractivity contribution is 7.98. The summed E-state index contributed by atoms with van der Waals surface area (Å²) in [5.74, 6) is -0.172. The summed E-state index contributed by atoms with van der Waals surface area (Å²) in [5, 5.41) is 0.502. The van der Waals surface area contributed by atoms with E-state index < -0.39 is 6.04 Å². The minimum Gasteiger partial charge on any atom is -0.450 e. The Bertz CT molecular complexity index is 1330. The molecule has 4 nitrogen and oxygen atoms in total. The van der Waals surface area contributed by atoms with Crippen LogP contribution >= 0.6 is 11.8 Å². The van der Waals surface area contributed by atoms with E-state index in [2.05, 4.69) is 0 Å². The van der Waals surface area contributed by atoms with Crippen LogP contribution in [0.3, 0.4) is 0 Å². The normalized spacial score (nSPS) is 15.6. The first-order valence-corrected chi connectivity index (χ1v) is 10.9. The first-order valence-electron chi connectivity index (χ1n) is 9.68. The van der Waals surface area contributed by atoms with Crippen molar-refractivity contribution in [3.8, 4) is 0 Å². The van der Waals surface area contributed by atoms with Crippen LogP contribution in [0.15, 0.2) is 86.9 Å². The Morgan fingerprint density at radius 2 is 1.67 bits per heavy atom. The van der Waals surface area contributed by atoms with Crippen LogP contribution in [0.2, 0.25) is 0 Å². The lowest BCUT2D eigenvalue weighted by atomic mass is 9.98. The van der Waals surface area contributed by atoms with E-state index in [0.29, 0.717) is 16.5 Å². The van der Waals surface area contributed by atoms with Gasteiger partial charge in [0.25, 0.3) is 5.91 Å². The van der Waals surface area contributed by atoms with Crippen LogP contribution in [-0.2, 0) is 0 Å². The minimum atomic E-state index is -0.535. The predicted molar refractivity (Wildman–Crippen MR) is 121 cm³/mol. The zero-order valence-electron chi connectivity index (χ0n) is 16.6. The van der Waals surface area contributed by atoms with Gasteiger partial charge in [0.05, 0.1) is 17.0 Å².